The number of rotatable bonds is 3. The third-order valence-electron chi connectivity index (χ3n) is 10.1. The number of phenolic OH excluding ortho intramolecular Hbond substituents is 1. The van der Waals surface area contributed by atoms with Crippen LogP contribution in [-0.4, -0.2) is 43.4 Å². The van der Waals surface area contributed by atoms with Crippen molar-refractivity contribution in [1.82, 2.24) is 0 Å². The molecule has 3 aliphatic carbocycles. The number of phenols is 1. The number of Topliss-reactive ketones (excluding diaryl/α,β-unsaturated/α-hetero) is 3. The SMILES string of the molecule is CC(=O)C1=C(O)[C@]2(O)C(=O)C3=C(O)c4c(O)c(C#Cc5ccc(C)cc5)cc(C(C)C)c4C[C@]3(C)C[C@]2(C)C(C(C)C)C1=O. The van der Waals surface area contributed by atoms with Gasteiger partial charge in [-0.3, -0.25) is 14.4 Å². The molecule has 0 bridgehead atoms. The van der Waals surface area contributed by atoms with E-state index in [4.69, 9.17) is 0 Å². The van der Waals surface area contributed by atoms with Gasteiger partial charge >= 0.3 is 0 Å². The van der Waals surface area contributed by atoms with E-state index in [0.29, 0.717) is 5.56 Å². The summed E-state index contributed by atoms with van der Waals surface area (Å²) in [5.41, 5.74) is -2.25. The number of aliphatic hydroxyl groups excluding tert-OH is 2. The minimum absolute atomic E-state index is 0.0289. The molecule has 1 fully saturated rings. The fourth-order valence-electron chi connectivity index (χ4n) is 8.20. The van der Waals surface area contributed by atoms with Gasteiger partial charge in [-0.25, -0.2) is 0 Å². The van der Waals surface area contributed by atoms with E-state index in [2.05, 4.69) is 11.8 Å². The van der Waals surface area contributed by atoms with Crippen LogP contribution in [0.15, 0.2) is 47.2 Å². The molecule has 0 spiro atoms. The molecule has 7 heteroatoms. The van der Waals surface area contributed by atoms with Gasteiger partial charge in [0.25, 0.3) is 0 Å². The van der Waals surface area contributed by atoms with Crippen LogP contribution in [0.4, 0.5) is 0 Å². The van der Waals surface area contributed by atoms with E-state index in [1.807, 2.05) is 51.1 Å². The van der Waals surface area contributed by atoms with Crippen LogP contribution in [0.1, 0.15) is 94.2 Å². The van der Waals surface area contributed by atoms with Crippen molar-refractivity contribution in [3.8, 4) is 17.6 Å². The minimum Gasteiger partial charge on any atom is -0.508 e. The number of allylic oxidation sites excluding steroid dienone is 1. The largest absolute Gasteiger partial charge is 0.508 e. The van der Waals surface area contributed by atoms with Gasteiger partial charge in [0.2, 0.25) is 5.78 Å². The Morgan fingerprint density at radius 3 is 2.16 bits per heavy atom. The zero-order chi connectivity index (χ0) is 32.7. The molecular formula is C37H40O7. The Morgan fingerprint density at radius 2 is 1.61 bits per heavy atom. The van der Waals surface area contributed by atoms with Crippen LogP contribution in [0.3, 0.4) is 0 Å². The fourth-order valence-corrected chi connectivity index (χ4v) is 8.20. The summed E-state index contributed by atoms with van der Waals surface area (Å²) in [6.45, 7) is 14.1. The smallest absolute Gasteiger partial charge is 0.203 e. The van der Waals surface area contributed by atoms with Crippen molar-refractivity contribution in [3.63, 3.8) is 0 Å². The minimum atomic E-state index is -2.64. The van der Waals surface area contributed by atoms with Gasteiger partial charge in [-0.1, -0.05) is 71.1 Å². The summed E-state index contributed by atoms with van der Waals surface area (Å²) in [5, 5.41) is 47.1. The Bertz CT molecular complexity index is 1760. The van der Waals surface area contributed by atoms with Crippen LogP contribution in [0.5, 0.6) is 5.75 Å². The summed E-state index contributed by atoms with van der Waals surface area (Å²) in [6.07, 6.45) is 0.285. The summed E-state index contributed by atoms with van der Waals surface area (Å²) >= 11 is 0. The number of aliphatic hydroxyl groups is 3. The molecule has 4 atom stereocenters. The predicted octanol–water partition coefficient (Wildman–Crippen LogP) is 6.02. The Kier molecular flexibility index (Phi) is 7.26. The van der Waals surface area contributed by atoms with E-state index in [0.717, 1.165) is 23.6 Å². The highest BCUT2D eigenvalue weighted by molar-refractivity contribution is 6.24. The molecule has 0 aliphatic heterocycles. The second kappa shape index (κ2) is 10.2. The third kappa shape index (κ3) is 4.18. The van der Waals surface area contributed by atoms with Crippen molar-refractivity contribution in [1.29, 1.82) is 0 Å². The molecule has 1 unspecified atom stereocenters. The van der Waals surface area contributed by atoms with Crippen molar-refractivity contribution in [3.05, 3.63) is 80.6 Å². The van der Waals surface area contributed by atoms with E-state index in [9.17, 15) is 34.8 Å². The first-order chi connectivity index (χ1) is 20.4. The number of carbonyl (C=O) groups excluding carboxylic acids is 3. The number of hydrogen-bond donors (Lipinski definition) is 4. The van der Waals surface area contributed by atoms with Gasteiger partial charge in [-0.2, -0.15) is 0 Å². The lowest BCUT2D eigenvalue weighted by molar-refractivity contribution is -0.178. The van der Waals surface area contributed by atoms with Gasteiger partial charge in [0.05, 0.1) is 11.1 Å². The molecule has 2 aromatic rings. The van der Waals surface area contributed by atoms with Crippen LogP contribution in [0.25, 0.3) is 5.76 Å². The van der Waals surface area contributed by atoms with E-state index in [-0.39, 0.29) is 47.1 Å². The zero-order valence-electron chi connectivity index (χ0n) is 26.5. The van der Waals surface area contributed by atoms with Crippen LogP contribution >= 0.6 is 0 Å². The molecule has 4 N–H and O–H groups in total. The third-order valence-corrected chi connectivity index (χ3v) is 10.1. The number of benzene rings is 2. The maximum atomic E-state index is 14.6. The topological polar surface area (TPSA) is 132 Å². The average Bonchev–Trinajstić information content (AvgIpc) is 2.90. The molecule has 7 nitrogen and oxygen atoms in total. The van der Waals surface area contributed by atoms with Gasteiger partial charge in [-0.15, -0.1) is 0 Å². The average molecular weight is 597 g/mol. The molecule has 0 amide bonds. The van der Waals surface area contributed by atoms with E-state index >= 15 is 0 Å². The molecular weight excluding hydrogens is 556 g/mol. The standard InChI is InChI=1S/C37H40O7/c1-18(2)24-15-23(14-13-22-11-9-20(5)10-12-22)30(39)27-25(24)16-35(7)17-36(8)28(19(3)4)31(40)26(21(6)38)33(42)37(36,44)34(43)29(35)32(27)41/h9-12,15,18-19,28,39,41-42,44H,16-17H2,1-8H3/t28?,35-,36-,37+/m1/s1. The lowest BCUT2D eigenvalue weighted by Gasteiger charge is -2.59. The van der Waals surface area contributed by atoms with E-state index in [1.165, 1.54) is 0 Å². The number of ketones is 3. The van der Waals surface area contributed by atoms with Crippen LogP contribution in [0.2, 0.25) is 0 Å². The summed E-state index contributed by atoms with van der Waals surface area (Å²) in [7, 11) is 0. The van der Waals surface area contributed by atoms with Crippen molar-refractivity contribution in [2.24, 2.45) is 22.7 Å². The summed E-state index contributed by atoms with van der Waals surface area (Å²) in [4.78, 5) is 40.8. The Labute approximate surface area is 258 Å². The molecule has 5 rings (SSSR count). The summed E-state index contributed by atoms with van der Waals surface area (Å²) < 4.78 is 0. The Morgan fingerprint density at radius 1 is 1.00 bits per heavy atom. The Hall–Kier alpha value is -4.15. The highest BCUT2D eigenvalue weighted by Crippen LogP contribution is 2.65. The number of carbonyl (C=O) groups is 3. The first kappa shape index (κ1) is 31.3. The Balaban J connectivity index is 1.79. The van der Waals surface area contributed by atoms with E-state index in [1.54, 1.807) is 27.7 Å². The number of aryl methyl sites for hydroxylation is 1. The summed E-state index contributed by atoms with van der Waals surface area (Å²) in [5.74, 6) is 0.640. The number of aromatic hydroxyl groups is 1. The lowest BCUT2D eigenvalue weighted by Crippen LogP contribution is -2.69. The van der Waals surface area contributed by atoms with Crippen LogP contribution in [-0.2, 0) is 20.8 Å². The maximum absolute atomic E-state index is 14.6. The normalized spacial score (nSPS) is 28.0. The molecule has 1 saturated carbocycles. The van der Waals surface area contributed by atoms with Gasteiger partial charge in [0.1, 0.15) is 22.8 Å². The molecule has 3 aliphatic rings. The van der Waals surface area contributed by atoms with Gasteiger partial charge < -0.3 is 20.4 Å². The van der Waals surface area contributed by atoms with Crippen molar-refractivity contribution < 1.29 is 34.8 Å². The predicted molar refractivity (Wildman–Crippen MR) is 167 cm³/mol. The van der Waals surface area contributed by atoms with Crippen molar-refractivity contribution >= 4 is 23.1 Å². The monoisotopic (exact) mass is 596 g/mol. The zero-order valence-corrected chi connectivity index (χ0v) is 26.5. The van der Waals surface area contributed by atoms with Crippen LogP contribution < -0.4 is 0 Å². The molecule has 44 heavy (non-hydrogen) atoms. The van der Waals surface area contributed by atoms with Gasteiger partial charge in [0.15, 0.2) is 17.2 Å². The molecule has 0 heterocycles. The van der Waals surface area contributed by atoms with Gasteiger partial charge in [-0.05, 0) is 67.9 Å². The second-order valence-electron chi connectivity index (χ2n) is 13.9. The lowest BCUT2D eigenvalue weighted by atomic mass is 9.43. The molecule has 0 radical (unpaired) electrons. The van der Waals surface area contributed by atoms with Gasteiger partial charge in [0, 0.05) is 27.9 Å². The van der Waals surface area contributed by atoms with Crippen molar-refractivity contribution in [2.75, 3.05) is 0 Å². The highest BCUT2D eigenvalue weighted by atomic mass is 16.3. The number of hydrogen-bond acceptors (Lipinski definition) is 7. The van der Waals surface area contributed by atoms with Crippen molar-refractivity contribution in [2.45, 2.75) is 79.8 Å². The molecule has 230 valence electrons. The first-order valence-corrected chi connectivity index (χ1v) is 15.1. The molecule has 0 aromatic heterocycles. The molecule has 2 aromatic carbocycles. The highest BCUT2D eigenvalue weighted by Gasteiger charge is 2.72. The van der Waals surface area contributed by atoms with Crippen LogP contribution in [0, 0.1) is 41.4 Å². The molecule has 0 saturated heterocycles. The maximum Gasteiger partial charge on any atom is 0.203 e. The second-order valence-corrected chi connectivity index (χ2v) is 13.9. The summed E-state index contributed by atoms with van der Waals surface area (Å²) in [6, 6.07) is 9.44. The first-order valence-electron chi connectivity index (χ1n) is 15.1. The van der Waals surface area contributed by atoms with E-state index < -0.39 is 56.8 Å². The fraction of sp³-hybridized carbons (Fsp3) is 0.432. The quantitative estimate of drug-likeness (QED) is 0.252. The number of fused-ring (bicyclic) bond motifs is 3.